The summed E-state index contributed by atoms with van der Waals surface area (Å²) < 4.78 is 89.0. The molecule has 1 saturated heterocycles. The third-order valence-corrected chi connectivity index (χ3v) is 10.7. The molecule has 1 aliphatic heterocycles. The number of rotatable bonds is 12. The van der Waals surface area contributed by atoms with Crippen LogP contribution in [0.1, 0.15) is 57.8 Å². The minimum atomic E-state index is -3.91. The normalized spacial score (nSPS) is 29.0. The third kappa shape index (κ3) is 7.55. The maximum Gasteiger partial charge on any atom is 0.180 e. The van der Waals surface area contributed by atoms with Crippen LogP contribution < -0.4 is 0 Å². The number of sulfone groups is 1. The van der Waals surface area contributed by atoms with Gasteiger partial charge in [-0.1, -0.05) is 17.7 Å². The van der Waals surface area contributed by atoms with Crippen LogP contribution >= 0.6 is 11.6 Å². The van der Waals surface area contributed by atoms with Gasteiger partial charge in [0.15, 0.2) is 16.1 Å². The Kier molecular flexibility index (Phi) is 11.3. The van der Waals surface area contributed by atoms with E-state index in [1.807, 2.05) is 0 Å². The highest BCUT2D eigenvalue weighted by atomic mass is 35.5. The second kappa shape index (κ2) is 13.7. The molecule has 0 aromatic rings. The molecule has 0 aromatic heterocycles. The second-order valence-electron chi connectivity index (χ2n) is 9.22. The van der Waals surface area contributed by atoms with Gasteiger partial charge in [-0.2, -0.15) is 0 Å². The van der Waals surface area contributed by atoms with Gasteiger partial charge in [-0.05, 0) is 82.1 Å². The number of alkyl halides is 1. The van der Waals surface area contributed by atoms with Crippen molar-refractivity contribution in [1.82, 2.24) is 4.31 Å². The van der Waals surface area contributed by atoms with Gasteiger partial charge >= 0.3 is 0 Å². The van der Waals surface area contributed by atoms with Crippen molar-refractivity contribution in [2.75, 3.05) is 26.4 Å². The first-order valence-electron chi connectivity index (χ1n) is 12.2. The first kappa shape index (κ1) is 29.6. The van der Waals surface area contributed by atoms with Gasteiger partial charge in [0.25, 0.3) is 0 Å². The van der Waals surface area contributed by atoms with Gasteiger partial charge in [-0.25, -0.2) is 21.5 Å². The highest BCUT2D eigenvalue weighted by Gasteiger charge is 2.56. The monoisotopic (exact) mass is 568 g/mol. The summed E-state index contributed by atoms with van der Waals surface area (Å²) >= 11 is 3.49. The molecule has 0 N–H and O–H groups in total. The zero-order valence-electron chi connectivity index (χ0n) is 20.1. The van der Waals surface area contributed by atoms with Crippen LogP contribution in [-0.4, -0.2) is 65.0 Å². The predicted molar refractivity (Wildman–Crippen MR) is 135 cm³/mol. The SMILES string of the molecule is O=S([O-])N(CCOC1CCCCO1)C1CC(CC=C(F)C=CCF)(S(=O)(=O)C2=CC=C(Cl)CCC2)C1. The Hall–Kier alpha value is -0.950. The summed E-state index contributed by atoms with van der Waals surface area (Å²) in [6, 6.07) is -0.572. The number of hydrogen-bond donors (Lipinski definition) is 0. The number of ether oxygens (including phenoxy) is 2. The van der Waals surface area contributed by atoms with Crippen LogP contribution in [0.2, 0.25) is 0 Å². The Labute approximate surface area is 219 Å². The zero-order valence-corrected chi connectivity index (χ0v) is 22.5. The van der Waals surface area contributed by atoms with E-state index in [2.05, 4.69) is 0 Å². The summed E-state index contributed by atoms with van der Waals surface area (Å²) in [4.78, 5) is 0.206. The molecule has 3 rings (SSSR count). The standard InChI is InChI=1S/C24H34ClF2NO6S2/c25-19-5-3-7-22(10-9-19)36(31,32)24(12-11-20(27)6-4-13-26)17-21(18-24)28(35(29)30)14-16-34-23-8-1-2-15-33-23/h4,6,9-11,21,23H,1-3,5,7-8,12-18H2,(H,29,30)/p-1. The fourth-order valence-corrected chi connectivity index (χ4v) is 7.94. The van der Waals surface area contributed by atoms with Crippen molar-refractivity contribution in [2.24, 2.45) is 0 Å². The van der Waals surface area contributed by atoms with Crippen molar-refractivity contribution < 1.29 is 35.4 Å². The molecule has 0 aromatic carbocycles. The predicted octanol–water partition coefficient (Wildman–Crippen LogP) is 4.90. The van der Waals surface area contributed by atoms with Crippen LogP contribution in [0.15, 0.2) is 46.1 Å². The van der Waals surface area contributed by atoms with E-state index in [9.17, 15) is 26.0 Å². The van der Waals surface area contributed by atoms with E-state index >= 15 is 0 Å². The molecule has 12 heteroatoms. The van der Waals surface area contributed by atoms with Crippen LogP contribution in [0.4, 0.5) is 8.78 Å². The zero-order chi connectivity index (χ0) is 26.2. The Morgan fingerprint density at radius 2 is 2.08 bits per heavy atom. The van der Waals surface area contributed by atoms with Gasteiger partial charge in [-0.3, -0.25) is 4.21 Å². The fourth-order valence-electron chi connectivity index (χ4n) is 4.79. The first-order valence-corrected chi connectivity index (χ1v) is 15.0. The molecule has 0 spiro atoms. The van der Waals surface area contributed by atoms with Crippen molar-refractivity contribution in [1.29, 1.82) is 0 Å². The summed E-state index contributed by atoms with van der Waals surface area (Å²) in [6.45, 7) is -0.0656. The van der Waals surface area contributed by atoms with Gasteiger partial charge in [0.05, 0.1) is 11.4 Å². The van der Waals surface area contributed by atoms with Gasteiger partial charge in [0, 0.05) is 40.4 Å². The average Bonchev–Trinajstić information content (AvgIpc) is 3.05. The minimum Gasteiger partial charge on any atom is -0.760 e. The Balaban J connectivity index is 1.76. The molecule has 36 heavy (non-hydrogen) atoms. The Morgan fingerprint density at radius 1 is 1.31 bits per heavy atom. The number of nitrogens with zero attached hydrogens (tertiary/aromatic N) is 1. The maximum absolute atomic E-state index is 14.2. The molecule has 1 saturated carbocycles. The smallest absolute Gasteiger partial charge is 0.180 e. The lowest BCUT2D eigenvalue weighted by molar-refractivity contribution is -0.163. The molecule has 204 valence electrons. The van der Waals surface area contributed by atoms with Gasteiger partial charge < -0.3 is 14.0 Å². The van der Waals surface area contributed by atoms with E-state index in [-0.39, 0.29) is 43.6 Å². The second-order valence-corrected chi connectivity index (χ2v) is 13.0. The molecule has 7 nitrogen and oxygen atoms in total. The summed E-state index contributed by atoms with van der Waals surface area (Å²) in [6.07, 6.45) is 9.72. The van der Waals surface area contributed by atoms with Crippen molar-refractivity contribution in [2.45, 2.75) is 74.9 Å². The molecular formula is C24H33ClF2NO6S2-. The highest BCUT2D eigenvalue weighted by Crippen LogP contribution is 2.49. The van der Waals surface area contributed by atoms with Gasteiger partial charge in [-0.15, -0.1) is 0 Å². The topological polar surface area (TPSA) is 96.0 Å². The van der Waals surface area contributed by atoms with Gasteiger partial charge in [0.1, 0.15) is 12.5 Å². The van der Waals surface area contributed by atoms with Crippen LogP contribution in [0, 0.1) is 0 Å². The average molecular weight is 569 g/mol. The molecule has 2 unspecified atom stereocenters. The van der Waals surface area contributed by atoms with E-state index in [0.717, 1.165) is 37.5 Å². The van der Waals surface area contributed by atoms with Crippen molar-refractivity contribution in [3.8, 4) is 0 Å². The molecular weight excluding hydrogens is 536 g/mol. The van der Waals surface area contributed by atoms with Crippen LogP contribution in [-0.2, 0) is 30.6 Å². The Bertz CT molecular complexity index is 1000. The van der Waals surface area contributed by atoms with E-state index in [1.165, 1.54) is 10.4 Å². The van der Waals surface area contributed by atoms with E-state index < -0.39 is 44.4 Å². The first-order chi connectivity index (χ1) is 17.2. The number of hydrogen-bond acceptors (Lipinski definition) is 6. The molecule has 2 atom stereocenters. The van der Waals surface area contributed by atoms with Gasteiger partial charge in [0.2, 0.25) is 0 Å². The lowest BCUT2D eigenvalue weighted by Gasteiger charge is -2.51. The number of allylic oxidation sites excluding steroid dienone is 8. The van der Waals surface area contributed by atoms with Crippen LogP contribution in [0.3, 0.4) is 0 Å². The number of halogens is 3. The van der Waals surface area contributed by atoms with E-state index in [1.54, 1.807) is 6.08 Å². The largest absolute Gasteiger partial charge is 0.760 e. The minimum absolute atomic E-state index is 0.00857. The van der Waals surface area contributed by atoms with E-state index in [0.29, 0.717) is 30.9 Å². The molecule has 2 fully saturated rings. The summed E-state index contributed by atoms with van der Waals surface area (Å²) in [5.74, 6) is -0.742. The molecule has 0 radical (unpaired) electrons. The molecule has 3 aliphatic rings. The highest BCUT2D eigenvalue weighted by molar-refractivity contribution is 7.96. The summed E-state index contributed by atoms with van der Waals surface area (Å²) in [5, 5.41) is 0.554. The lowest BCUT2D eigenvalue weighted by Crippen LogP contribution is -2.59. The molecule has 1 heterocycles. The van der Waals surface area contributed by atoms with Crippen molar-refractivity contribution >= 4 is 32.7 Å². The van der Waals surface area contributed by atoms with Crippen LogP contribution in [0.5, 0.6) is 0 Å². The third-order valence-electron chi connectivity index (χ3n) is 6.81. The van der Waals surface area contributed by atoms with Crippen molar-refractivity contribution in [3.05, 3.63) is 46.1 Å². The summed E-state index contributed by atoms with van der Waals surface area (Å²) in [5.41, 5.74) is 0. The molecule has 0 amide bonds. The lowest BCUT2D eigenvalue weighted by atomic mass is 9.77. The Morgan fingerprint density at radius 3 is 2.75 bits per heavy atom. The van der Waals surface area contributed by atoms with E-state index in [4.69, 9.17) is 21.1 Å². The maximum atomic E-state index is 14.2. The fraction of sp³-hybridized carbons (Fsp3) is 0.667. The molecule has 2 aliphatic carbocycles. The summed E-state index contributed by atoms with van der Waals surface area (Å²) in [7, 11) is -3.91. The van der Waals surface area contributed by atoms with Crippen molar-refractivity contribution in [3.63, 3.8) is 0 Å². The molecule has 0 bridgehead atoms. The van der Waals surface area contributed by atoms with Crippen LogP contribution in [0.25, 0.3) is 0 Å². The quantitative estimate of drug-likeness (QED) is 0.245.